The molecular formula is C8H14O2. The highest BCUT2D eigenvalue weighted by molar-refractivity contribution is 4.99. The molecule has 0 aromatic rings. The van der Waals surface area contributed by atoms with Crippen LogP contribution in [-0.2, 0) is 9.47 Å². The Labute approximate surface area is 70.3 Å². The second-order valence-corrected chi connectivity index (χ2v) is 1.72. The summed E-state index contributed by atoms with van der Waals surface area (Å²) < 4.78 is 55.5. The van der Waals surface area contributed by atoms with Crippen molar-refractivity contribution in [1.29, 1.82) is 0 Å². The lowest BCUT2D eigenvalue weighted by molar-refractivity contribution is 0.0799. The van der Waals surface area contributed by atoms with Gasteiger partial charge in [-0.1, -0.05) is 12.2 Å². The molecule has 2 heteroatoms. The van der Waals surface area contributed by atoms with Crippen LogP contribution in [0, 0.1) is 0 Å². The zero-order chi connectivity index (χ0) is 12.8. The average Bonchev–Trinajstić information content (AvgIpc) is 2.22. The van der Waals surface area contributed by atoms with E-state index in [1.807, 2.05) is 0 Å². The molecule has 1 aliphatic carbocycles. The number of hydrogen-bond donors (Lipinski definition) is 0. The van der Waals surface area contributed by atoms with Gasteiger partial charge in [0.15, 0.2) is 0 Å². The van der Waals surface area contributed by atoms with Crippen LogP contribution in [0.1, 0.15) is 21.0 Å². The van der Waals surface area contributed by atoms with Crippen LogP contribution < -0.4 is 0 Å². The summed E-state index contributed by atoms with van der Waals surface area (Å²) in [4.78, 5) is 0. The van der Waals surface area contributed by atoms with Crippen LogP contribution in [0.15, 0.2) is 12.2 Å². The van der Waals surface area contributed by atoms with Gasteiger partial charge in [0.1, 0.15) is 0 Å². The van der Waals surface area contributed by atoms with Gasteiger partial charge in [-0.05, 0) is 12.7 Å². The van der Waals surface area contributed by atoms with Crippen LogP contribution in [0.5, 0.6) is 0 Å². The number of methoxy groups -OCH3 is 2. The van der Waals surface area contributed by atoms with E-state index in [-0.39, 0.29) is 0 Å². The van der Waals surface area contributed by atoms with Crippen molar-refractivity contribution in [2.75, 3.05) is 14.2 Å². The number of hydrogen-bond acceptors (Lipinski definition) is 2. The number of rotatable bonds is 2. The molecule has 2 atom stereocenters. The highest BCUT2D eigenvalue weighted by atomic mass is 16.5. The molecule has 0 saturated carbocycles. The molecule has 0 bridgehead atoms. The highest BCUT2D eigenvalue weighted by Crippen LogP contribution is 2.15. The SMILES string of the molecule is [2H]C1(OC)C=CC([2H])(OC)C([2H])([2H])C1([2H])[2H]. The predicted molar refractivity (Wildman–Crippen MR) is 40.0 cm³/mol. The van der Waals surface area contributed by atoms with Crippen molar-refractivity contribution >= 4 is 0 Å². The molecule has 0 fully saturated rings. The van der Waals surface area contributed by atoms with Gasteiger partial charge in [-0.2, -0.15) is 0 Å². The van der Waals surface area contributed by atoms with Crippen molar-refractivity contribution < 1.29 is 17.7 Å². The standard InChI is InChI=1S/C8H14O2/c1-9-7-3-5-8(10-2)6-4-7/h3,5,7-8H,4,6H2,1-2H3/i4D2,6D2,7D,8D. The third-order valence-electron chi connectivity index (χ3n) is 1.13. The van der Waals surface area contributed by atoms with Gasteiger partial charge in [0.25, 0.3) is 0 Å². The average molecular weight is 148 g/mol. The Morgan fingerprint density at radius 2 is 1.70 bits per heavy atom. The summed E-state index contributed by atoms with van der Waals surface area (Å²) in [6.45, 7) is 0. The second kappa shape index (κ2) is 3.74. The molecule has 1 aliphatic rings. The molecule has 0 spiro atoms. The van der Waals surface area contributed by atoms with Crippen LogP contribution in [-0.4, -0.2) is 26.4 Å². The first kappa shape index (κ1) is 2.95. The molecule has 0 saturated heterocycles. The number of ether oxygens (including phenoxy) is 2. The summed E-state index contributed by atoms with van der Waals surface area (Å²) in [5.74, 6) is 0. The molecule has 2 nitrogen and oxygen atoms in total. The van der Waals surface area contributed by atoms with Crippen molar-refractivity contribution in [1.82, 2.24) is 0 Å². The van der Waals surface area contributed by atoms with Gasteiger partial charge < -0.3 is 9.47 Å². The van der Waals surface area contributed by atoms with Crippen molar-refractivity contribution in [2.45, 2.75) is 24.9 Å². The summed E-state index contributed by atoms with van der Waals surface area (Å²) >= 11 is 0. The Hall–Kier alpha value is -0.340. The second-order valence-electron chi connectivity index (χ2n) is 1.72. The van der Waals surface area contributed by atoms with Crippen molar-refractivity contribution in [3.05, 3.63) is 12.2 Å². The summed E-state index contributed by atoms with van der Waals surface area (Å²) in [5.41, 5.74) is 0. The molecule has 0 amide bonds. The summed E-state index contributed by atoms with van der Waals surface area (Å²) in [7, 11) is 2.24. The fourth-order valence-corrected chi connectivity index (χ4v) is 0.596. The van der Waals surface area contributed by atoms with E-state index in [2.05, 4.69) is 0 Å². The topological polar surface area (TPSA) is 18.5 Å². The quantitative estimate of drug-likeness (QED) is 0.551. The molecule has 0 heterocycles. The minimum atomic E-state index is -2.71. The molecule has 0 N–H and O–H groups in total. The highest BCUT2D eigenvalue weighted by Gasteiger charge is 2.13. The maximum atomic E-state index is 7.72. The van der Waals surface area contributed by atoms with Crippen LogP contribution in [0.4, 0.5) is 0 Å². The summed E-state index contributed by atoms with van der Waals surface area (Å²) in [5, 5.41) is 0. The third kappa shape index (κ3) is 1.82. The molecule has 2 unspecified atom stereocenters. The van der Waals surface area contributed by atoms with E-state index in [1.54, 1.807) is 0 Å². The molecule has 58 valence electrons. The van der Waals surface area contributed by atoms with E-state index >= 15 is 0 Å². The first-order valence-electron chi connectivity index (χ1n) is 5.89. The van der Waals surface area contributed by atoms with Gasteiger partial charge in [0.2, 0.25) is 0 Å². The molecular weight excluding hydrogens is 128 g/mol. The predicted octanol–water partition coefficient (Wildman–Crippen LogP) is 1.37. The molecule has 0 aromatic heterocycles. The van der Waals surface area contributed by atoms with E-state index in [1.165, 1.54) is 0 Å². The Kier molecular flexibility index (Phi) is 1.10. The minimum absolute atomic E-state index is 1.00. The first-order chi connectivity index (χ1) is 7.08. The lowest BCUT2D eigenvalue weighted by atomic mass is 10.0. The molecule has 0 aliphatic heterocycles. The van der Waals surface area contributed by atoms with Crippen molar-refractivity contribution in [3.8, 4) is 0 Å². The van der Waals surface area contributed by atoms with Crippen LogP contribution >= 0.6 is 0 Å². The smallest absolute Gasteiger partial charge is 0.0754 e. The molecule has 0 aromatic carbocycles. The van der Waals surface area contributed by atoms with Crippen LogP contribution in [0.2, 0.25) is 0 Å². The third-order valence-corrected chi connectivity index (χ3v) is 1.13. The molecule has 0 radical (unpaired) electrons. The van der Waals surface area contributed by atoms with E-state index in [0.717, 1.165) is 26.4 Å². The fraction of sp³-hybridized carbons (Fsp3) is 0.750. The van der Waals surface area contributed by atoms with E-state index in [0.29, 0.717) is 0 Å². The lowest BCUT2D eigenvalue weighted by Crippen LogP contribution is -2.19. The molecule has 10 heavy (non-hydrogen) atoms. The zero-order valence-corrected chi connectivity index (χ0v) is 5.97. The van der Waals surface area contributed by atoms with Gasteiger partial charge in [-0.15, -0.1) is 0 Å². The maximum Gasteiger partial charge on any atom is 0.0754 e. The monoisotopic (exact) mass is 148 g/mol. The van der Waals surface area contributed by atoms with Crippen molar-refractivity contribution in [2.24, 2.45) is 0 Å². The molecule has 1 rings (SSSR count). The normalized spacial score (nSPS) is 66.2. The minimum Gasteiger partial charge on any atom is -0.377 e. The largest absolute Gasteiger partial charge is 0.377 e. The van der Waals surface area contributed by atoms with Crippen LogP contribution in [0.3, 0.4) is 0 Å². The Balaban J connectivity index is 3.39. The van der Waals surface area contributed by atoms with Gasteiger partial charge in [-0.25, -0.2) is 0 Å². The van der Waals surface area contributed by atoms with E-state index in [9.17, 15) is 0 Å². The zero-order valence-electron chi connectivity index (χ0n) is 12.0. The van der Waals surface area contributed by atoms with E-state index < -0.39 is 24.9 Å². The Morgan fingerprint density at radius 1 is 1.30 bits per heavy atom. The summed E-state index contributed by atoms with van der Waals surface area (Å²) in [6.07, 6.45) is -7.74. The van der Waals surface area contributed by atoms with E-state index in [4.69, 9.17) is 17.7 Å². The van der Waals surface area contributed by atoms with Gasteiger partial charge in [0, 0.05) is 19.7 Å². The Bertz CT molecular complexity index is 288. The van der Waals surface area contributed by atoms with Gasteiger partial charge >= 0.3 is 0 Å². The fourth-order valence-electron chi connectivity index (χ4n) is 0.596. The lowest BCUT2D eigenvalue weighted by Gasteiger charge is -2.20. The van der Waals surface area contributed by atoms with Crippen molar-refractivity contribution in [3.63, 3.8) is 0 Å². The summed E-state index contributed by atoms with van der Waals surface area (Å²) in [6, 6.07) is 0. The first-order valence-corrected chi connectivity index (χ1v) is 2.89. The van der Waals surface area contributed by atoms with Crippen LogP contribution in [0.25, 0.3) is 0 Å². The Morgan fingerprint density at radius 3 is 2.00 bits per heavy atom. The van der Waals surface area contributed by atoms with Gasteiger partial charge in [0.05, 0.1) is 14.9 Å². The maximum absolute atomic E-state index is 7.72. The van der Waals surface area contributed by atoms with Gasteiger partial charge in [-0.3, -0.25) is 0 Å².